The molecule has 1 saturated heterocycles. The first-order valence-corrected chi connectivity index (χ1v) is 6.31. The largest absolute Gasteiger partial charge is 0.452 e. The third-order valence-electron chi connectivity index (χ3n) is 3.10. The number of nitrogen functional groups attached to an aromatic ring is 1. The monoisotopic (exact) mass is 317 g/mol. The number of aliphatic hydroxyl groups is 3. The summed E-state index contributed by atoms with van der Waals surface area (Å²) in [6, 6.07) is -0.194. The van der Waals surface area contributed by atoms with Crippen LogP contribution in [0.15, 0.2) is 6.33 Å². The molecule has 1 aliphatic heterocycles. The fourth-order valence-electron chi connectivity index (χ4n) is 2.07. The molecule has 3 rings (SSSR count). The highest BCUT2D eigenvalue weighted by atomic mass is 35.5. The van der Waals surface area contributed by atoms with Crippen LogP contribution in [0.3, 0.4) is 0 Å². The van der Waals surface area contributed by atoms with E-state index >= 15 is 0 Å². The summed E-state index contributed by atoms with van der Waals surface area (Å²) in [4.78, 5) is 11.8. The number of aromatic nitrogens is 4. The van der Waals surface area contributed by atoms with Gasteiger partial charge in [0.25, 0.3) is 0 Å². The number of hydrogen-bond acceptors (Lipinski definition) is 9. The first kappa shape index (κ1) is 14.2. The van der Waals surface area contributed by atoms with Crippen molar-refractivity contribution in [3.05, 3.63) is 6.33 Å². The van der Waals surface area contributed by atoms with Gasteiger partial charge in [-0.25, -0.2) is 9.07 Å². The normalized spacial score (nSPS) is 29.1. The van der Waals surface area contributed by atoms with Crippen LogP contribution in [0.5, 0.6) is 6.01 Å². The molecular formula is C10H12ClN5O5. The Kier molecular flexibility index (Phi) is 3.55. The number of nitrogens with zero attached hydrogens (tertiary/aromatic N) is 4. The average molecular weight is 318 g/mol. The van der Waals surface area contributed by atoms with E-state index < -0.39 is 31.2 Å². The summed E-state index contributed by atoms with van der Waals surface area (Å²) in [5, 5.41) is 28.5. The number of halogens is 1. The highest BCUT2D eigenvalue weighted by Crippen LogP contribution is 2.25. The summed E-state index contributed by atoms with van der Waals surface area (Å²) in [6.45, 7) is -0.462. The van der Waals surface area contributed by atoms with Crippen molar-refractivity contribution < 1.29 is 24.8 Å². The van der Waals surface area contributed by atoms with Gasteiger partial charge in [-0.1, -0.05) is 0 Å². The molecule has 10 nitrogen and oxygen atoms in total. The first-order valence-electron chi connectivity index (χ1n) is 5.97. The van der Waals surface area contributed by atoms with Crippen LogP contribution in [0.1, 0.15) is 0 Å². The minimum Gasteiger partial charge on any atom is -0.452 e. The molecule has 4 atom stereocenters. The second-order valence-electron chi connectivity index (χ2n) is 4.44. The molecule has 3 heterocycles. The SMILES string of the molecule is Nc1nc(O[C@H]2[C@H](O)[C@@H](CO)O[C@H]2O)nc2ncn(Cl)c12. The van der Waals surface area contributed by atoms with Crippen LogP contribution in [0, 0.1) is 0 Å². The minimum atomic E-state index is -1.43. The van der Waals surface area contributed by atoms with Gasteiger partial charge in [-0.15, -0.1) is 0 Å². The topological polar surface area (TPSA) is 149 Å². The Labute approximate surface area is 122 Å². The zero-order valence-corrected chi connectivity index (χ0v) is 11.3. The molecule has 0 aromatic carbocycles. The molecule has 11 heteroatoms. The standard InChI is InChI=1S/C10H12ClN5O5/c11-16-2-13-8-4(16)7(12)14-10(15-8)21-6-5(18)3(1-17)20-9(6)19/h2-3,5-6,9,17-19H,1H2,(H2,12,14,15)/t3-,5-,6+,9-/m1/s1. The molecule has 0 amide bonds. The maximum atomic E-state index is 9.87. The van der Waals surface area contributed by atoms with Crippen LogP contribution in [0.4, 0.5) is 5.82 Å². The number of aliphatic hydroxyl groups excluding tert-OH is 3. The van der Waals surface area contributed by atoms with Crippen molar-refractivity contribution >= 4 is 28.8 Å². The van der Waals surface area contributed by atoms with E-state index in [-0.39, 0.29) is 17.5 Å². The molecule has 2 aromatic rings. The van der Waals surface area contributed by atoms with Gasteiger partial charge in [0.05, 0.1) is 6.61 Å². The van der Waals surface area contributed by atoms with Gasteiger partial charge in [-0.2, -0.15) is 9.97 Å². The van der Waals surface area contributed by atoms with E-state index in [2.05, 4.69) is 15.0 Å². The Hall–Kier alpha value is -1.72. The number of ether oxygens (including phenoxy) is 2. The quantitative estimate of drug-likeness (QED) is 0.515. The summed E-state index contributed by atoms with van der Waals surface area (Å²) >= 11 is 5.81. The van der Waals surface area contributed by atoms with E-state index in [0.29, 0.717) is 5.52 Å². The second-order valence-corrected chi connectivity index (χ2v) is 4.80. The third kappa shape index (κ3) is 2.36. The molecule has 2 aromatic heterocycles. The zero-order chi connectivity index (χ0) is 15.1. The molecule has 0 spiro atoms. The smallest absolute Gasteiger partial charge is 0.321 e. The van der Waals surface area contributed by atoms with Crippen molar-refractivity contribution in [1.82, 2.24) is 19.0 Å². The lowest BCUT2D eigenvalue weighted by Crippen LogP contribution is -2.39. The summed E-state index contributed by atoms with van der Waals surface area (Å²) in [7, 11) is 0. The molecule has 1 fully saturated rings. The Balaban J connectivity index is 1.88. The minimum absolute atomic E-state index is 0.0316. The van der Waals surface area contributed by atoms with Crippen molar-refractivity contribution in [1.29, 1.82) is 0 Å². The van der Waals surface area contributed by atoms with Crippen molar-refractivity contribution in [2.24, 2.45) is 0 Å². The van der Waals surface area contributed by atoms with E-state index in [0.717, 1.165) is 4.09 Å². The summed E-state index contributed by atoms with van der Waals surface area (Å²) in [5.41, 5.74) is 6.25. The van der Waals surface area contributed by atoms with Crippen molar-refractivity contribution in [3.63, 3.8) is 0 Å². The molecular weight excluding hydrogens is 306 g/mol. The van der Waals surface area contributed by atoms with Gasteiger partial charge in [0.1, 0.15) is 24.1 Å². The van der Waals surface area contributed by atoms with E-state index in [9.17, 15) is 10.2 Å². The Morgan fingerprint density at radius 1 is 1.43 bits per heavy atom. The predicted octanol–water partition coefficient (Wildman–Crippen LogP) is -1.77. The van der Waals surface area contributed by atoms with Crippen LogP contribution in [0.2, 0.25) is 0 Å². The van der Waals surface area contributed by atoms with Crippen LogP contribution >= 0.6 is 11.8 Å². The molecule has 0 aliphatic carbocycles. The number of anilines is 1. The first-order chi connectivity index (χ1) is 10.0. The van der Waals surface area contributed by atoms with Gasteiger partial charge in [0, 0.05) is 11.8 Å². The lowest BCUT2D eigenvalue weighted by Gasteiger charge is -2.17. The number of imidazole rings is 1. The van der Waals surface area contributed by atoms with Crippen LogP contribution in [0.25, 0.3) is 11.2 Å². The number of fused-ring (bicyclic) bond motifs is 1. The van der Waals surface area contributed by atoms with Crippen LogP contribution in [-0.4, -0.2) is 65.6 Å². The predicted molar refractivity (Wildman–Crippen MR) is 69.4 cm³/mol. The third-order valence-corrected chi connectivity index (χ3v) is 3.36. The van der Waals surface area contributed by atoms with Gasteiger partial charge in [0.2, 0.25) is 0 Å². The molecule has 114 valence electrons. The fourth-order valence-corrected chi connectivity index (χ4v) is 2.27. The summed E-state index contributed by atoms with van der Waals surface area (Å²) < 4.78 is 11.4. The maximum Gasteiger partial charge on any atom is 0.321 e. The van der Waals surface area contributed by atoms with E-state index in [1.807, 2.05) is 0 Å². The molecule has 21 heavy (non-hydrogen) atoms. The van der Waals surface area contributed by atoms with Gasteiger partial charge >= 0.3 is 6.01 Å². The van der Waals surface area contributed by atoms with Gasteiger partial charge < -0.3 is 30.5 Å². The van der Waals surface area contributed by atoms with Crippen molar-refractivity contribution in [2.75, 3.05) is 12.3 Å². The number of nitrogens with two attached hydrogens (primary N) is 1. The lowest BCUT2D eigenvalue weighted by atomic mass is 10.1. The molecule has 5 N–H and O–H groups in total. The molecule has 0 saturated carbocycles. The zero-order valence-electron chi connectivity index (χ0n) is 10.5. The van der Waals surface area contributed by atoms with Crippen LogP contribution in [-0.2, 0) is 4.74 Å². The number of hydrogen-bond donors (Lipinski definition) is 4. The second kappa shape index (κ2) is 5.24. The highest BCUT2D eigenvalue weighted by Gasteiger charge is 2.45. The fraction of sp³-hybridized carbons (Fsp3) is 0.500. The van der Waals surface area contributed by atoms with Crippen molar-refractivity contribution in [2.45, 2.75) is 24.6 Å². The van der Waals surface area contributed by atoms with Crippen molar-refractivity contribution in [3.8, 4) is 6.01 Å². The van der Waals surface area contributed by atoms with E-state index in [1.165, 1.54) is 6.33 Å². The highest BCUT2D eigenvalue weighted by molar-refractivity contribution is 6.19. The maximum absolute atomic E-state index is 9.87. The van der Waals surface area contributed by atoms with Gasteiger partial charge in [-0.3, -0.25) is 0 Å². The lowest BCUT2D eigenvalue weighted by molar-refractivity contribution is -0.129. The molecule has 0 unspecified atom stereocenters. The van der Waals surface area contributed by atoms with E-state index in [1.54, 1.807) is 0 Å². The molecule has 0 radical (unpaired) electrons. The van der Waals surface area contributed by atoms with E-state index in [4.69, 9.17) is 32.1 Å². The van der Waals surface area contributed by atoms with Gasteiger partial charge in [-0.05, 0) is 0 Å². The Bertz CT molecular complexity index is 667. The van der Waals surface area contributed by atoms with Gasteiger partial charge in [0.15, 0.2) is 23.9 Å². The molecule has 1 aliphatic rings. The van der Waals surface area contributed by atoms with Crippen LogP contribution < -0.4 is 10.5 Å². The number of rotatable bonds is 3. The molecule has 0 bridgehead atoms. The summed E-state index contributed by atoms with van der Waals surface area (Å²) in [6.07, 6.45) is -3.48. The summed E-state index contributed by atoms with van der Waals surface area (Å²) in [5.74, 6) is 0.0316. The average Bonchev–Trinajstić information content (AvgIpc) is 2.94. The Morgan fingerprint density at radius 2 is 2.19 bits per heavy atom. The Morgan fingerprint density at radius 3 is 2.86 bits per heavy atom.